The number of hydrogen-bond donors (Lipinski definition) is 2. The van der Waals surface area contributed by atoms with E-state index < -0.39 is 0 Å². The van der Waals surface area contributed by atoms with E-state index in [1.54, 1.807) is 25.1 Å². The van der Waals surface area contributed by atoms with Gasteiger partial charge in [-0.15, -0.1) is 0 Å². The number of anilines is 1. The topological polar surface area (TPSA) is 44.6 Å². The van der Waals surface area contributed by atoms with E-state index >= 15 is 0 Å². The Kier molecular flexibility index (Phi) is 4.30. The van der Waals surface area contributed by atoms with E-state index in [4.69, 9.17) is 23.2 Å². The predicted octanol–water partition coefficient (Wildman–Crippen LogP) is 4.54. The molecule has 0 aliphatic rings. The normalized spacial score (nSPS) is 11.4. The lowest BCUT2D eigenvalue weighted by molar-refractivity contribution is 0.474. The van der Waals surface area contributed by atoms with Gasteiger partial charge in [-0.3, -0.25) is 5.43 Å². The van der Waals surface area contributed by atoms with Crippen LogP contribution in [-0.2, 0) is 0 Å². The lowest BCUT2D eigenvalue weighted by atomic mass is 10.1. The van der Waals surface area contributed by atoms with Gasteiger partial charge in [0.05, 0.1) is 16.4 Å². The Hall–Kier alpha value is -1.71. The zero-order valence-corrected chi connectivity index (χ0v) is 11.7. The van der Waals surface area contributed by atoms with Gasteiger partial charge in [0.25, 0.3) is 0 Å². The zero-order chi connectivity index (χ0) is 13.8. The van der Waals surface area contributed by atoms with E-state index in [1.165, 1.54) is 6.07 Å². The maximum Gasteiger partial charge on any atom is 0.124 e. The number of nitrogens with one attached hydrogen (secondary N) is 1. The molecular formula is C14H12Cl2N2O. The maximum absolute atomic E-state index is 9.76. The third-order valence-electron chi connectivity index (χ3n) is 2.57. The van der Waals surface area contributed by atoms with Crippen molar-refractivity contribution in [3.63, 3.8) is 0 Å². The summed E-state index contributed by atoms with van der Waals surface area (Å²) in [7, 11) is 0. The van der Waals surface area contributed by atoms with Gasteiger partial charge >= 0.3 is 0 Å². The molecule has 19 heavy (non-hydrogen) atoms. The molecule has 0 aliphatic heterocycles. The van der Waals surface area contributed by atoms with Crippen LogP contribution >= 0.6 is 23.2 Å². The first-order valence-corrected chi connectivity index (χ1v) is 6.37. The molecule has 0 radical (unpaired) electrons. The summed E-state index contributed by atoms with van der Waals surface area (Å²) < 4.78 is 0. The molecule has 0 unspecified atom stereocenters. The SMILES string of the molecule is C/C(=N\Nc1ccccc1Cl)c1cc(Cl)ccc1O. The molecule has 0 fully saturated rings. The molecule has 0 bridgehead atoms. The molecule has 5 heteroatoms. The van der Waals surface area contributed by atoms with Crippen LogP contribution in [0.3, 0.4) is 0 Å². The number of hydrazone groups is 1. The smallest absolute Gasteiger partial charge is 0.124 e. The molecule has 2 rings (SSSR count). The summed E-state index contributed by atoms with van der Waals surface area (Å²) in [6.07, 6.45) is 0. The number of halogens is 2. The van der Waals surface area contributed by atoms with Crippen molar-refractivity contribution in [2.24, 2.45) is 5.10 Å². The first-order valence-electron chi connectivity index (χ1n) is 5.61. The molecule has 0 saturated carbocycles. The van der Waals surface area contributed by atoms with Crippen molar-refractivity contribution in [2.75, 3.05) is 5.43 Å². The second kappa shape index (κ2) is 5.95. The van der Waals surface area contributed by atoms with Crippen LogP contribution in [0.15, 0.2) is 47.6 Å². The van der Waals surface area contributed by atoms with Crippen LogP contribution in [0.5, 0.6) is 5.75 Å². The van der Waals surface area contributed by atoms with Crippen molar-refractivity contribution in [1.29, 1.82) is 0 Å². The maximum atomic E-state index is 9.76. The van der Waals surface area contributed by atoms with Crippen molar-refractivity contribution in [1.82, 2.24) is 0 Å². The minimum Gasteiger partial charge on any atom is -0.507 e. The van der Waals surface area contributed by atoms with E-state index in [1.807, 2.05) is 18.2 Å². The van der Waals surface area contributed by atoms with Gasteiger partial charge in [0, 0.05) is 10.6 Å². The first-order chi connectivity index (χ1) is 9.08. The van der Waals surface area contributed by atoms with Gasteiger partial charge in [0.2, 0.25) is 0 Å². The van der Waals surface area contributed by atoms with E-state index in [9.17, 15) is 5.11 Å². The lowest BCUT2D eigenvalue weighted by Crippen LogP contribution is -2.00. The number of nitrogens with zero attached hydrogens (tertiary/aromatic N) is 1. The molecule has 98 valence electrons. The van der Waals surface area contributed by atoms with E-state index in [-0.39, 0.29) is 5.75 Å². The van der Waals surface area contributed by atoms with Crippen LogP contribution in [0, 0.1) is 0 Å². The first kappa shape index (κ1) is 13.7. The molecule has 2 aromatic rings. The fraction of sp³-hybridized carbons (Fsp3) is 0.0714. The van der Waals surface area contributed by atoms with Crippen molar-refractivity contribution in [2.45, 2.75) is 6.92 Å². The van der Waals surface area contributed by atoms with Gasteiger partial charge in [-0.05, 0) is 37.3 Å². The highest BCUT2D eigenvalue weighted by Crippen LogP contribution is 2.23. The highest BCUT2D eigenvalue weighted by atomic mass is 35.5. The quantitative estimate of drug-likeness (QED) is 0.645. The fourth-order valence-electron chi connectivity index (χ4n) is 1.55. The minimum absolute atomic E-state index is 0.131. The Morgan fingerprint density at radius 1 is 1.16 bits per heavy atom. The van der Waals surface area contributed by atoms with Crippen LogP contribution in [0.4, 0.5) is 5.69 Å². The minimum atomic E-state index is 0.131. The molecule has 2 N–H and O–H groups in total. The number of para-hydroxylation sites is 1. The fourth-order valence-corrected chi connectivity index (χ4v) is 1.90. The highest BCUT2D eigenvalue weighted by Gasteiger charge is 2.06. The molecule has 0 heterocycles. The van der Waals surface area contributed by atoms with E-state index in [2.05, 4.69) is 10.5 Å². The number of benzene rings is 2. The molecule has 0 saturated heterocycles. The van der Waals surface area contributed by atoms with E-state index in [0.29, 0.717) is 27.0 Å². The molecule has 3 nitrogen and oxygen atoms in total. The lowest BCUT2D eigenvalue weighted by Gasteiger charge is -2.07. The standard InChI is InChI=1S/C14H12Cl2N2O/c1-9(11-8-10(15)6-7-14(11)19)17-18-13-5-3-2-4-12(13)16/h2-8,18-19H,1H3/b17-9+. The number of aromatic hydroxyl groups is 1. The Balaban J connectivity index is 2.24. The Labute approximate surface area is 121 Å². The van der Waals surface area contributed by atoms with Gasteiger partial charge in [0.15, 0.2) is 0 Å². The van der Waals surface area contributed by atoms with Gasteiger partial charge < -0.3 is 5.11 Å². The van der Waals surface area contributed by atoms with Crippen molar-refractivity contribution >= 4 is 34.6 Å². The van der Waals surface area contributed by atoms with Crippen molar-refractivity contribution < 1.29 is 5.11 Å². The molecule has 0 aromatic heterocycles. The average Bonchev–Trinajstić information content (AvgIpc) is 2.40. The van der Waals surface area contributed by atoms with Gasteiger partial charge in [-0.25, -0.2) is 0 Å². The Morgan fingerprint density at radius 3 is 2.63 bits per heavy atom. The van der Waals surface area contributed by atoms with Crippen molar-refractivity contribution in [3.05, 3.63) is 58.1 Å². The van der Waals surface area contributed by atoms with Gasteiger partial charge in [0.1, 0.15) is 5.75 Å². The van der Waals surface area contributed by atoms with Crippen LogP contribution in [0.2, 0.25) is 10.0 Å². The molecule has 2 aromatic carbocycles. The molecule has 0 aliphatic carbocycles. The number of hydrogen-bond acceptors (Lipinski definition) is 3. The van der Waals surface area contributed by atoms with Gasteiger partial charge in [-0.2, -0.15) is 5.10 Å². The van der Waals surface area contributed by atoms with Crippen molar-refractivity contribution in [3.8, 4) is 5.75 Å². The third kappa shape index (κ3) is 3.40. The monoisotopic (exact) mass is 294 g/mol. The second-order valence-electron chi connectivity index (χ2n) is 3.95. The summed E-state index contributed by atoms with van der Waals surface area (Å²) in [5.41, 5.74) is 4.75. The summed E-state index contributed by atoms with van der Waals surface area (Å²) in [6.45, 7) is 1.77. The number of rotatable bonds is 3. The molecule has 0 spiro atoms. The molecule has 0 atom stereocenters. The summed E-state index contributed by atoms with van der Waals surface area (Å²) in [5.74, 6) is 0.131. The molecule has 0 amide bonds. The average molecular weight is 295 g/mol. The predicted molar refractivity (Wildman–Crippen MR) is 80.4 cm³/mol. The Bertz CT molecular complexity index is 627. The number of phenolic OH excluding ortho intramolecular Hbond substituents is 1. The van der Waals surface area contributed by atoms with Crippen LogP contribution < -0.4 is 5.43 Å². The largest absolute Gasteiger partial charge is 0.507 e. The van der Waals surface area contributed by atoms with Crippen LogP contribution in [0.1, 0.15) is 12.5 Å². The summed E-state index contributed by atoms with van der Waals surface area (Å²) in [6, 6.07) is 12.1. The van der Waals surface area contributed by atoms with E-state index in [0.717, 1.165) is 0 Å². The van der Waals surface area contributed by atoms with Gasteiger partial charge in [-0.1, -0.05) is 35.3 Å². The summed E-state index contributed by atoms with van der Waals surface area (Å²) >= 11 is 11.9. The zero-order valence-electron chi connectivity index (χ0n) is 10.2. The summed E-state index contributed by atoms with van der Waals surface area (Å²) in [5, 5.41) is 15.1. The highest BCUT2D eigenvalue weighted by molar-refractivity contribution is 6.33. The van der Waals surface area contributed by atoms with Crippen LogP contribution in [0.25, 0.3) is 0 Å². The third-order valence-corrected chi connectivity index (χ3v) is 3.13. The van der Waals surface area contributed by atoms with Crippen LogP contribution in [-0.4, -0.2) is 10.8 Å². The number of phenols is 1. The second-order valence-corrected chi connectivity index (χ2v) is 4.79. The summed E-state index contributed by atoms with van der Waals surface area (Å²) in [4.78, 5) is 0. The molecular weight excluding hydrogens is 283 g/mol. The Morgan fingerprint density at radius 2 is 1.89 bits per heavy atom.